The molecule has 195 valence electrons. The number of hydrazone groups is 2. The number of aliphatic imine (C=N–C) groups is 2. The van der Waals surface area contributed by atoms with Gasteiger partial charge in [0.2, 0.25) is 0 Å². The Labute approximate surface area is 225 Å². The molecule has 12 heteroatoms. The van der Waals surface area contributed by atoms with Gasteiger partial charge in [-0.3, -0.25) is 25.7 Å². The van der Waals surface area contributed by atoms with Crippen molar-refractivity contribution in [2.45, 2.75) is 66.1 Å². The molecule has 1 aromatic rings. The van der Waals surface area contributed by atoms with Crippen molar-refractivity contribution in [3.8, 4) is 0 Å². The molecule has 1 aliphatic heterocycles. The standard InChI is InChI=1S/C20H33N7O2S2.C2H6.Cu/c1-13(23-25-17(30)21-6)16(24-26-18(31)22-7)15-9-8-14(29-15)10-27-19(2,3)11-28-12-20(27,4)5;1-2;/h8-9H,10-12H2,1-7H3,(H2,21,25,30)(H2,22,26,31);1-2H3;/q;;+2/p-2/b23-13+,24-16-;;. The van der Waals surface area contributed by atoms with Gasteiger partial charge in [-0.25, -0.2) is 0 Å². The number of furan rings is 1. The molecular formula is C22H37CuN7O2S2. The van der Waals surface area contributed by atoms with Gasteiger partial charge in [-0.2, -0.15) is 10.2 Å². The van der Waals surface area contributed by atoms with Crippen LogP contribution in [0.5, 0.6) is 0 Å². The molecule has 34 heavy (non-hydrogen) atoms. The average Bonchev–Trinajstić information content (AvgIpc) is 3.24. The van der Waals surface area contributed by atoms with Crippen LogP contribution in [0.25, 0.3) is 0 Å². The molecule has 0 spiro atoms. The van der Waals surface area contributed by atoms with E-state index in [0.29, 0.717) is 36.9 Å². The van der Waals surface area contributed by atoms with E-state index in [1.54, 1.807) is 21.0 Å². The van der Waals surface area contributed by atoms with Gasteiger partial charge in [0.15, 0.2) is 5.76 Å². The molecule has 0 aliphatic carbocycles. The quantitative estimate of drug-likeness (QED) is 0.182. The van der Waals surface area contributed by atoms with E-state index >= 15 is 0 Å². The van der Waals surface area contributed by atoms with Crippen LogP contribution in [0.2, 0.25) is 0 Å². The maximum atomic E-state index is 6.16. The van der Waals surface area contributed by atoms with Crippen molar-refractivity contribution in [3.63, 3.8) is 0 Å². The molecule has 0 aromatic carbocycles. The van der Waals surface area contributed by atoms with Gasteiger partial charge in [-0.1, -0.05) is 13.8 Å². The molecule has 1 fully saturated rings. The van der Waals surface area contributed by atoms with Crippen molar-refractivity contribution >= 4 is 47.0 Å². The number of hydrogen-bond donors (Lipinski definition) is 2. The second kappa shape index (κ2) is 14.8. The molecule has 0 saturated carbocycles. The summed E-state index contributed by atoms with van der Waals surface area (Å²) in [6, 6.07) is 3.81. The van der Waals surface area contributed by atoms with Crippen LogP contribution in [0.4, 0.5) is 0 Å². The molecule has 0 bridgehead atoms. The van der Waals surface area contributed by atoms with Gasteiger partial charge in [0.05, 0.1) is 25.5 Å². The minimum Gasteiger partial charge on any atom is -0.741 e. The van der Waals surface area contributed by atoms with Crippen molar-refractivity contribution in [1.82, 2.24) is 15.8 Å². The van der Waals surface area contributed by atoms with Crippen molar-refractivity contribution in [2.75, 3.05) is 27.3 Å². The molecule has 0 atom stereocenters. The first-order valence-electron chi connectivity index (χ1n) is 10.9. The maximum Gasteiger partial charge on any atom is 2.00 e. The normalized spacial score (nSPS) is 19.0. The average molecular weight is 559 g/mol. The third-order valence-electron chi connectivity index (χ3n) is 4.91. The zero-order valence-corrected chi connectivity index (χ0v) is 24.0. The summed E-state index contributed by atoms with van der Waals surface area (Å²) < 4.78 is 12.0. The van der Waals surface area contributed by atoms with Gasteiger partial charge in [0, 0.05) is 25.2 Å². The number of nitrogens with one attached hydrogen (secondary N) is 2. The van der Waals surface area contributed by atoms with Crippen LogP contribution >= 0.6 is 0 Å². The van der Waals surface area contributed by atoms with Crippen LogP contribution in [-0.2, 0) is 53.6 Å². The summed E-state index contributed by atoms with van der Waals surface area (Å²) >= 11 is 10.1. The molecule has 2 N–H and O–H groups in total. The molecule has 1 radical (unpaired) electrons. The number of rotatable bonds is 6. The summed E-state index contributed by atoms with van der Waals surface area (Å²) in [5, 5.41) is 9.11. The molecule has 1 aliphatic rings. The van der Waals surface area contributed by atoms with E-state index in [-0.39, 0.29) is 38.5 Å². The summed E-state index contributed by atoms with van der Waals surface area (Å²) in [6.45, 7) is 16.5. The SMILES string of the molecule is CC.CN=C([S-])N/N=C(/C(C)=N/NC([S-])=NC)c1ccc(CN2C(C)(C)COCC2(C)C)o1.[Cu+2]. The molecule has 9 nitrogen and oxygen atoms in total. The van der Waals surface area contributed by atoms with Crippen molar-refractivity contribution < 1.29 is 26.2 Å². The molecule has 2 heterocycles. The smallest absolute Gasteiger partial charge is 0.741 e. The van der Waals surface area contributed by atoms with Gasteiger partial charge in [-0.15, -0.1) is 0 Å². The minimum atomic E-state index is -0.122. The van der Waals surface area contributed by atoms with Gasteiger partial charge in [0.1, 0.15) is 11.5 Å². The Morgan fingerprint density at radius 1 is 0.971 bits per heavy atom. The maximum absolute atomic E-state index is 6.16. The Kier molecular flexibility index (Phi) is 14.1. The fraction of sp³-hybridized carbons (Fsp3) is 0.636. The molecule has 0 unspecified atom stereocenters. The van der Waals surface area contributed by atoms with Crippen LogP contribution in [0.15, 0.2) is 36.7 Å². The fourth-order valence-corrected chi connectivity index (χ4v) is 3.49. The first kappa shape index (κ1) is 32.4. The number of morpholine rings is 1. The van der Waals surface area contributed by atoms with Crippen molar-refractivity contribution in [3.05, 3.63) is 23.7 Å². The summed E-state index contributed by atoms with van der Waals surface area (Å²) in [5.41, 5.74) is 6.21. The van der Waals surface area contributed by atoms with Crippen LogP contribution in [-0.4, -0.2) is 65.0 Å². The van der Waals surface area contributed by atoms with Gasteiger partial charge in [-0.05, 0) is 57.1 Å². The Morgan fingerprint density at radius 2 is 1.47 bits per heavy atom. The predicted octanol–water partition coefficient (Wildman–Crippen LogP) is 3.02. The van der Waals surface area contributed by atoms with E-state index in [1.165, 1.54) is 0 Å². The molecule has 0 amide bonds. The zero-order chi connectivity index (χ0) is 25.2. The van der Waals surface area contributed by atoms with Gasteiger partial charge < -0.3 is 34.4 Å². The van der Waals surface area contributed by atoms with E-state index in [1.807, 2.05) is 26.0 Å². The zero-order valence-electron chi connectivity index (χ0n) is 21.4. The number of nitrogens with zero attached hydrogens (tertiary/aromatic N) is 5. The van der Waals surface area contributed by atoms with E-state index in [9.17, 15) is 0 Å². The summed E-state index contributed by atoms with van der Waals surface area (Å²) in [7, 11) is 3.18. The van der Waals surface area contributed by atoms with E-state index in [0.717, 1.165) is 5.76 Å². The monoisotopic (exact) mass is 558 g/mol. The van der Waals surface area contributed by atoms with E-state index in [2.05, 4.69) is 63.6 Å². The summed E-state index contributed by atoms with van der Waals surface area (Å²) in [5.74, 6) is 1.36. The number of amidine groups is 2. The Bertz CT molecular complexity index is 880. The third-order valence-corrected chi connectivity index (χ3v) is 5.46. The minimum absolute atomic E-state index is 0. The molecule has 1 aromatic heterocycles. The van der Waals surface area contributed by atoms with Gasteiger partial charge in [0.25, 0.3) is 0 Å². The second-order valence-electron chi connectivity index (χ2n) is 8.41. The Balaban J connectivity index is 0.00000353. The number of hydrogen-bond acceptors (Lipinski definition) is 9. The first-order valence-corrected chi connectivity index (χ1v) is 11.7. The molecule has 2 rings (SSSR count). The van der Waals surface area contributed by atoms with Gasteiger partial charge >= 0.3 is 17.1 Å². The van der Waals surface area contributed by atoms with Crippen LogP contribution in [0.1, 0.15) is 60.0 Å². The summed E-state index contributed by atoms with van der Waals surface area (Å²) in [6.07, 6.45) is 0. The van der Waals surface area contributed by atoms with Crippen LogP contribution in [0, 0.1) is 0 Å². The summed E-state index contributed by atoms with van der Waals surface area (Å²) in [4.78, 5) is 10.1. The second-order valence-corrected chi connectivity index (χ2v) is 9.18. The Morgan fingerprint density at radius 3 is 1.97 bits per heavy atom. The predicted molar refractivity (Wildman–Crippen MR) is 142 cm³/mol. The Hall–Kier alpha value is -1.56. The molecular weight excluding hydrogens is 522 g/mol. The van der Waals surface area contributed by atoms with Crippen LogP contribution in [0.3, 0.4) is 0 Å². The topological polar surface area (TPSA) is 99.1 Å². The third kappa shape index (κ3) is 9.24. The first-order chi connectivity index (χ1) is 15.5. The van der Waals surface area contributed by atoms with E-state index < -0.39 is 0 Å². The fourth-order valence-electron chi connectivity index (χ4n) is 3.40. The number of ether oxygens (including phenoxy) is 1. The van der Waals surface area contributed by atoms with Crippen molar-refractivity contribution in [2.24, 2.45) is 20.2 Å². The van der Waals surface area contributed by atoms with Crippen LogP contribution < -0.4 is 10.9 Å². The van der Waals surface area contributed by atoms with Crippen molar-refractivity contribution in [1.29, 1.82) is 0 Å². The van der Waals surface area contributed by atoms with E-state index in [4.69, 9.17) is 34.4 Å². The molecule has 1 saturated heterocycles. The largest absolute Gasteiger partial charge is 2.00 e.